The first-order valence-electron chi connectivity index (χ1n) is 7.97. The SMILES string of the molecule is Cc1cc(C)n(-c2ccc(SCCC(=O)Nc3ccccc3)nn2)n1. The maximum atomic E-state index is 11.9. The smallest absolute Gasteiger partial charge is 0.225 e. The second-order valence-electron chi connectivity index (χ2n) is 5.58. The summed E-state index contributed by atoms with van der Waals surface area (Å²) in [4.78, 5) is 11.9. The molecule has 0 unspecified atom stereocenters. The number of benzene rings is 1. The molecule has 6 nitrogen and oxygen atoms in total. The van der Waals surface area contributed by atoms with Crippen LogP contribution >= 0.6 is 11.8 Å². The highest BCUT2D eigenvalue weighted by Crippen LogP contribution is 2.17. The molecule has 1 N–H and O–H groups in total. The van der Waals surface area contributed by atoms with E-state index in [2.05, 4.69) is 20.6 Å². The topological polar surface area (TPSA) is 72.7 Å². The van der Waals surface area contributed by atoms with E-state index in [1.165, 1.54) is 11.8 Å². The molecule has 0 radical (unpaired) electrons. The van der Waals surface area contributed by atoms with E-state index in [9.17, 15) is 4.79 Å². The van der Waals surface area contributed by atoms with Crippen LogP contribution in [-0.2, 0) is 4.79 Å². The Hall–Kier alpha value is -2.67. The van der Waals surface area contributed by atoms with Crippen LogP contribution in [0.25, 0.3) is 5.82 Å². The number of carbonyl (C=O) groups excluding carboxylic acids is 1. The van der Waals surface area contributed by atoms with Gasteiger partial charge in [0.25, 0.3) is 0 Å². The van der Waals surface area contributed by atoms with Gasteiger partial charge >= 0.3 is 0 Å². The summed E-state index contributed by atoms with van der Waals surface area (Å²) >= 11 is 1.51. The first kappa shape index (κ1) is 17.2. The zero-order chi connectivity index (χ0) is 17.6. The molecule has 0 atom stereocenters. The van der Waals surface area contributed by atoms with Crippen molar-refractivity contribution in [3.05, 3.63) is 59.9 Å². The fourth-order valence-electron chi connectivity index (χ4n) is 2.36. The van der Waals surface area contributed by atoms with E-state index in [1.807, 2.05) is 62.4 Å². The molecule has 7 heteroatoms. The second-order valence-corrected chi connectivity index (χ2v) is 6.70. The molecule has 1 amide bonds. The number of carbonyl (C=O) groups is 1. The molecule has 0 spiro atoms. The Morgan fingerprint density at radius 2 is 1.92 bits per heavy atom. The van der Waals surface area contributed by atoms with Crippen LogP contribution in [0.5, 0.6) is 0 Å². The maximum Gasteiger partial charge on any atom is 0.225 e. The van der Waals surface area contributed by atoms with Gasteiger partial charge in [-0.2, -0.15) is 5.10 Å². The normalized spacial score (nSPS) is 10.6. The molecule has 0 saturated heterocycles. The van der Waals surface area contributed by atoms with E-state index in [1.54, 1.807) is 4.68 Å². The van der Waals surface area contributed by atoms with Gasteiger partial charge in [-0.3, -0.25) is 4.79 Å². The Bertz CT molecular complexity index is 846. The monoisotopic (exact) mass is 353 g/mol. The molecule has 0 aliphatic carbocycles. The van der Waals surface area contributed by atoms with Gasteiger partial charge < -0.3 is 5.32 Å². The largest absolute Gasteiger partial charge is 0.326 e. The predicted molar refractivity (Wildman–Crippen MR) is 99.0 cm³/mol. The number of thioether (sulfide) groups is 1. The number of para-hydroxylation sites is 1. The Morgan fingerprint density at radius 3 is 2.56 bits per heavy atom. The fourth-order valence-corrected chi connectivity index (χ4v) is 3.12. The van der Waals surface area contributed by atoms with Crippen molar-refractivity contribution in [3.8, 4) is 5.82 Å². The number of anilines is 1. The molecule has 0 bridgehead atoms. The molecule has 0 fully saturated rings. The van der Waals surface area contributed by atoms with E-state index in [0.717, 1.165) is 22.1 Å². The highest BCUT2D eigenvalue weighted by Gasteiger charge is 2.07. The van der Waals surface area contributed by atoms with Crippen LogP contribution in [0.15, 0.2) is 53.6 Å². The zero-order valence-corrected chi connectivity index (χ0v) is 15.0. The van der Waals surface area contributed by atoms with E-state index >= 15 is 0 Å². The number of nitrogens with one attached hydrogen (secondary N) is 1. The van der Waals surface area contributed by atoms with Gasteiger partial charge in [-0.15, -0.1) is 22.0 Å². The summed E-state index contributed by atoms with van der Waals surface area (Å²) in [6.45, 7) is 3.93. The molecule has 128 valence electrons. The molecule has 25 heavy (non-hydrogen) atoms. The molecule has 2 heterocycles. The highest BCUT2D eigenvalue weighted by molar-refractivity contribution is 7.99. The van der Waals surface area contributed by atoms with Gasteiger partial charge in [-0.05, 0) is 44.2 Å². The van der Waals surface area contributed by atoms with Crippen molar-refractivity contribution in [2.45, 2.75) is 25.3 Å². The lowest BCUT2D eigenvalue weighted by Crippen LogP contribution is -2.12. The average Bonchev–Trinajstić information content (AvgIpc) is 2.95. The molecular weight excluding hydrogens is 334 g/mol. The van der Waals surface area contributed by atoms with Gasteiger partial charge in [0.05, 0.1) is 5.69 Å². The van der Waals surface area contributed by atoms with Crippen molar-refractivity contribution in [2.75, 3.05) is 11.1 Å². The van der Waals surface area contributed by atoms with Gasteiger partial charge in [-0.25, -0.2) is 4.68 Å². The number of rotatable bonds is 6. The summed E-state index contributed by atoms with van der Waals surface area (Å²) in [6.07, 6.45) is 0.417. The van der Waals surface area contributed by atoms with Crippen molar-refractivity contribution in [2.24, 2.45) is 0 Å². The van der Waals surface area contributed by atoms with Crippen LogP contribution in [-0.4, -0.2) is 31.6 Å². The standard InChI is InChI=1S/C18H19N5OS/c1-13-12-14(2)23(22-13)16-8-9-18(21-20-16)25-11-10-17(24)19-15-6-4-3-5-7-15/h3-9,12H,10-11H2,1-2H3,(H,19,24). The third kappa shape index (κ3) is 4.67. The Morgan fingerprint density at radius 1 is 1.12 bits per heavy atom. The molecule has 2 aromatic heterocycles. The van der Waals surface area contributed by atoms with E-state index in [0.29, 0.717) is 18.0 Å². The Kier molecular flexibility index (Phi) is 5.45. The lowest BCUT2D eigenvalue weighted by molar-refractivity contribution is -0.115. The minimum absolute atomic E-state index is 0.00841. The molecule has 3 aromatic rings. The first-order chi connectivity index (χ1) is 12.1. The third-order valence-corrected chi connectivity index (χ3v) is 4.41. The van der Waals surface area contributed by atoms with Crippen molar-refractivity contribution in [1.82, 2.24) is 20.0 Å². The molecule has 0 saturated carbocycles. The molecular formula is C18H19N5OS. The van der Waals surface area contributed by atoms with Crippen molar-refractivity contribution in [1.29, 1.82) is 0 Å². The third-order valence-electron chi connectivity index (χ3n) is 3.49. The van der Waals surface area contributed by atoms with Gasteiger partial charge in [0.1, 0.15) is 5.03 Å². The zero-order valence-electron chi connectivity index (χ0n) is 14.1. The minimum atomic E-state index is -0.00841. The molecule has 1 aromatic carbocycles. The van der Waals surface area contributed by atoms with Gasteiger partial charge in [-0.1, -0.05) is 18.2 Å². The Balaban J connectivity index is 1.50. The van der Waals surface area contributed by atoms with Crippen molar-refractivity contribution in [3.63, 3.8) is 0 Å². The summed E-state index contributed by atoms with van der Waals surface area (Å²) in [5.74, 6) is 1.33. The summed E-state index contributed by atoms with van der Waals surface area (Å²) in [6, 6.07) is 15.2. The van der Waals surface area contributed by atoms with E-state index in [-0.39, 0.29) is 5.91 Å². The molecule has 0 aliphatic rings. The lowest BCUT2D eigenvalue weighted by Gasteiger charge is -2.05. The number of aryl methyl sites for hydroxylation is 2. The minimum Gasteiger partial charge on any atom is -0.326 e. The van der Waals surface area contributed by atoms with Gasteiger partial charge in [0.2, 0.25) is 5.91 Å². The van der Waals surface area contributed by atoms with Crippen LogP contribution in [0.4, 0.5) is 5.69 Å². The number of hydrogen-bond acceptors (Lipinski definition) is 5. The van der Waals surface area contributed by atoms with Crippen molar-refractivity contribution < 1.29 is 4.79 Å². The predicted octanol–water partition coefficient (Wildman–Crippen LogP) is 3.40. The number of aromatic nitrogens is 4. The first-order valence-corrected chi connectivity index (χ1v) is 8.95. The number of nitrogens with zero attached hydrogens (tertiary/aromatic N) is 4. The lowest BCUT2D eigenvalue weighted by atomic mass is 10.3. The van der Waals surface area contributed by atoms with Crippen LogP contribution in [0.1, 0.15) is 17.8 Å². The summed E-state index contributed by atoms with van der Waals surface area (Å²) < 4.78 is 1.77. The molecule has 0 aliphatic heterocycles. The van der Waals surface area contributed by atoms with Crippen LogP contribution in [0, 0.1) is 13.8 Å². The Labute approximate surface area is 150 Å². The average molecular weight is 353 g/mol. The van der Waals surface area contributed by atoms with Crippen LogP contribution in [0.2, 0.25) is 0 Å². The fraction of sp³-hybridized carbons (Fsp3) is 0.222. The summed E-state index contributed by atoms with van der Waals surface area (Å²) in [7, 11) is 0. The number of amides is 1. The quantitative estimate of drug-likeness (QED) is 0.688. The summed E-state index contributed by atoms with van der Waals surface area (Å²) in [5, 5.41) is 16.5. The van der Waals surface area contributed by atoms with Gasteiger partial charge in [0, 0.05) is 23.6 Å². The van der Waals surface area contributed by atoms with Crippen LogP contribution < -0.4 is 5.32 Å². The second kappa shape index (κ2) is 7.94. The highest BCUT2D eigenvalue weighted by atomic mass is 32.2. The van der Waals surface area contributed by atoms with Gasteiger partial charge in [0.15, 0.2) is 5.82 Å². The summed E-state index contributed by atoms with van der Waals surface area (Å²) in [5.41, 5.74) is 2.78. The maximum absolute atomic E-state index is 11.9. The number of hydrogen-bond donors (Lipinski definition) is 1. The van der Waals surface area contributed by atoms with Crippen LogP contribution in [0.3, 0.4) is 0 Å². The molecule has 3 rings (SSSR count). The van der Waals surface area contributed by atoms with Crippen molar-refractivity contribution >= 4 is 23.4 Å². The van der Waals surface area contributed by atoms with E-state index in [4.69, 9.17) is 0 Å². The van der Waals surface area contributed by atoms with E-state index < -0.39 is 0 Å².